The summed E-state index contributed by atoms with van der Waals surface area (Å²) < 4.78 is 19.6. The highest BCUT2D eigenvalue weighted by molar-refractivity contribution is 5.89. The van der Waals surface area contributed by atoms with Gasteiger partial charge in [0.2, 0.25) is 0 Å². The van der Waals surface area contributed by atoms with Crippen molar-refractivity contribution in [1.29, 1.82) is 0 Å². The van der Waals surface area contributed by atoms with E-state index in [1.54, 1.807) is 12.1 Å². The molecule has 0 aliphatic carbocycles. The van der Waals surface area contributed by atoms with E-state index in [0.717, 1.165) is 45.4 Å². The van der Waals surface area contributed by atoms with Crippen LogP contribution in [0.1, 0.15) is 25.7 Å². The summed E-state index contributed by atoms with van der Waals surface area (Å²) >= 11 is 0. The van der Waals surface area contributed by atoms with Crippen molar-refractivity contribution >= 4 is 17.4 Å². The van der Waals surface area contributed by atoms with Gasteiger partial charge in [-0.25, -0.2) is 9.18 Å². The number of halogens is 1. The first-order valence-electron chi connectivity index (χ1n) is 7.93. The van der Waals surface area contributed by atoms with Gasteiger partial charge in [0, 0.05) is 31.9 Å². The van der Waals surface area contributed by atoms with Crippen LogP contribution in [0.2, 0.25) is 0 Å². The summed E-state index contributed by atoms with van der Waals surface area (Å²) in [5.74, 6) is -0.293. The number of anilines is 2. The molecule has 2 fully saturated rings. The zero-order valence-electron chi connectivity index (χ0n) is 12.6. The number of carbonyl (C=O) groups is 1. The summed E-state index contributed by atoms with van der Waals surface area (Å²) in [5, 5.41) is 5.41. The Morgan fingerprint density at radius 2 is 2.14 bits per heavy atom. The van der Waals surface area contributed by atoms with Crippen molar-refractivity contribution in [2.45, 2.75) is 31.8 Å². The van der Waals surface area contributed by atoms with Gasteiger partial charge in [-0.05, 0) is 43.9 Å². The number of ether oxygens (including phenoxy) is 1. The quantitative estimate of drug-likeness (QED) is 0.899. The summed E-state index contributed by atoms with van der Waals surface area (Å²) in [7, 11) is 0. The Morgan fingerprint density at radius 1 is 1.32 bits per heavy atom. The lowest BCUT2D eigenvalue weighted by molar-refractivity contribution is 0.112. The second kappa shape index (κ2) is 6.96. The van der Waals surface area contributed by atoms with Crippen molar-refractivity contribution in [1.82, 2.24) is 5.32 Å². The minimum absolute atomic E-state index is 0.0972. The number of urea groups is 1. The highest BCUT2D eigenvalue weighted by Gasteiger charge is 2.18. The molecule has 120 valence electrons. The van der Waals surface area contributed by atoms with Gasteiger partial charge in [-0.3, -0.25) is 0 Å². The summed E-state index contributed by atoms with van der Waals surface area (Å²) in [6.07, 6.45) is 4.31. The van der Waals surface area contributed by atoms with E-state index in [9.17, 15) is 9.18 Å². The zero-order valence-corrected chi connectivity index (χ0v) is 12.6. The van der Waals surface area contributed by atoms with Crippen LogP contribution in [-0.2, 0) is 4.74 Å². The Labute approximate surface area is 129 Å². The number of carbonyl (C=O) groups excluding carboxylic acids is 1. The summed E-state index contributed by atoms with van der Waals surface area (Å²) in [4.78, 5) is 13.8. The van der Waals surface area contributed by atoms with Gasteiger partial charge in [-0.2, -0.15) is 0 Å². The van der Waals surface area contributed by atoms with Crippen LogP contribution in [0.25, 0.3) is 0 Å². The molecule has 6 heteroatoms. The molecule has 2 saturated heterocycles. The predicted octanol–water partition coefficient (Wildman–Crippen LogP) is 2.73. The highest BCUT2D eigenvalue weighted by atomic mass is 19.1. The Kier molecular flexibility index (Phi) is 4.77. The molecule has 2 aliphatic rings. The third kappa shape index (κ3) is 3.68. The highest BCUT2D eigenvalue weighted by Crippen LogP contribution is 2.26. The lowest BCUT2D eigenvalue weighted by Crippen LogP contribution is -2.35. The van der Waals surface area contributed by atoms with Crippen LogP contribution in [0.5, 0.6) is 0 Å². The van der Waals surface area contributed by atoms with Crippen LogP contribution >= 0.6 is 0 Å². The van der Waals surface area contributed by atoms with Gasteiger partial charge in [-0.1, -0.05) is 0 Å². The van der Waals surface area contributed by atoms with Crippen molar-refractivity contribution in [2.24, 2.45) is 0 Å². The van der Waals surface area contributed by atoms with Crippen LogP contribution in [0, 0.1) is 5.82 Å². The number of nitrogens with one attached hydrogen (secondary N) is 2. The van der Waals surface area contributed by atoms with E-state index in [-0.39, 0.29) is 18.0 Å². The van der Waals surface area contributed by atoms with Gasteiger partial charge >= 0.3 is 6.03 Å². The molecule has 1 atom stereocenters. The fourth-order valence-electron chi connectivity index (χ4n) is 2.99. The first kappa shape index (κ1) is 15.1. The third-order valence-corrected chi connectivity index (χ3v) is 4.17. The Morgan fingerprint density at radius 3 is 2.82 bits per heavy atom. The topological polar surface area (TPSA) is 53.6 Å². The Balaban J connectivity index is 1.53. The van der Waals surface area contributed by atoms with Crippen LogP contribution in [-0.4, -0.2) is 38.4 Å². The normalized spacial score (nSPS) is 21.1. The standard InChI is InChI=1S/C16H22FN3O2/c17-14-10-12(5-6-15(14)20-7-1-2-8-20)19-16(21)18-11-13-4-3-9-22-13/h5-6,10,13H,1-4,7-9,11H2,(H2,18,19,21)/t13-/m1/s1. The van der Waals surface area contributed by atoms with Crippen LogP contribution < -0.4 is 15.5 Å². The molecule has 0 aromatic heterocycles. The third-order valence-electron chi connectivity index (χ3n) is 4.17. The zero-order chi connectivity index (χ0) is 15.4. The van der Waals surface area contributed by atoms with Crippen molar-refractivity contribution in [3.05, 3.63) is 24.0 Å². The van der Waals surface area contributed by atoms with E-state index in [4.69, 9.17) is 4.74 Å². The van der Waals surface area contributed by atoms with Crippen molar-refractivity contribution < 1.29 is 13.9 Å². The maximum Gasteiger partial charge on any atom is 0.319 e. The molecule has 2 N–H and O–H groups in total. The van der Waals surface area contributed by atoms with E-state index in [0.29, 0.717) is 17.9 Å². The first-order valence-corrected chi connectivity index (χ1v) is 7.93. The maximum atomic E-state index is 14.2. The monoisotopic (exact) mass is 307 g/mol. The van der Waals surface area contributed by atoms with Gasteiger partial charge in [0.1, 0.15) is 5.82 Å². The van der Waals surface area contributed by atoms with Crippen LogP contribution in [0.3, 0.4) is 0 Å². The molecule has 0 spiro atoms. The van der Waals surface area contributed by atoms with Gasteiger partial charge in [0.15, 0.2) is 0 Å². The van der Waals surface area contributed by atoms with Gasteiger partial charge in [0.25, 0.3) is 0 Å². The van der Waals surface area contributed by atoms with Gasteiger partial charge < -0.3 is 20.3 Å². The Bertz CT molecular complexity index is 526. The summed E-state index contributed by atoms with van der Waals surface area (Å²) in [6.45, 7) is 3.04. The predicted molar refractivity (Wildman–Crippen MR) is 83.8 cm³/mol. The van der Waals surface area contributed by atoms with Gasteiger partial charge in [0.05, 0.1) is 11.8 Å². The van der Waals surface area contributed by atoms with E-state index < -0.39 is 0 Å². The minimum Gasteiger partial charge on any atom is -0.376 e. The largest absolute Gasteiger partial charge is 0.376 e. The number of benzene rings is 1. The SMILES string of the molecule is O=C(NC[C@H]1CCCO1)Nc1ccc(N2CCCC2)c(F)c1. The lowest BCUT2D eigenvalue weighted by Gasteiger charge is -2.19. The number of hydrogen-bond acceptors (Lipinski definition) is 3. The van der Waals surface area contributed by atoms with E-state index >= 15 is 0 Å². The molecule has 2 amide bonds. The molecular weight excluding hydrogens is 285 g/mol. The molecule has 0 saturated carbocycles. The molecule has 0 bridgehead atoms. The van der Waals surface area contributed by atoms with Crippen LogP contribution in [0.4, 0.5) is 20.6 Å². The van der Waals surface area contributed by atoms with E-state index in [2.05, 4.69) is 10.6 Å². The van der Waals surface area contributed by atoms with Crippen molar-refractivity contribution in [3.8, 4) is 0 Å². The molecule has 2 heterocycles. The molecule has 2 aliphatic heterocycles. The molecule has 5 nitrogen and oxygen atoms in total. The van der Waals surface area contributed by atoms with Crippen molar-refractivity contribution in [2.75, 3.05) is 36.5 Å². The Hall–Kier alpha value is -1.82. The minimum atomic E-state index is -0.330. The molecule has 1 aromatic carbocycles. The lowest BCUT2D eigenvalue weighted by atomic mass is 10.2. The fourth-order valence-corrected chi connectivity index (χ4v) is 2.99. The number of nitrogens with zero attached hydrogens (tertiary/aromatic N) is 1. The smallest absolute Gasteiger partial charge is 0.319 e. The fraction of sp³-hybridized carbons (Fsp3) is 0.562. The first-order chi connectivity index (χ1) is 10.7. The number of rotatable bonds is 4. The number of hydrogen-bond donors (Lipinski definition) is 2. The average Bonchev–Trinajstić information content (AvgIpc) is 3.19. The second-order valence-corrected chi connectivity index (χ2v) is 5.83. The molecule has 0 radical (unpaired) electrons. The van der Waals surface area contributed by atoms with Crippen LogP contribution in [0.15, 0.2) is 18.2 Å². The molecule has 1 aromatic rings. The number of amides is 2. The summed E-state index contributed by atoms with van der Waals surface area (Å²) in [6, 6.07) is 4.52. The molecule has 22 heavy (non-hydrogen) atoms. The molecule has 0 unspecified atom stereocenters. The van der Waals surface area contributed by atoms with E-state index in [1.165, 1.54) is 6.07 Å². The second-order valence-electron chi connectivity index (χ2n) is 5.83. The van der Waals surface area contributed by atoms with Crippen molar-refractivity contribution in [3.63, 3.8) is 0 Å². The van der Waals surface area contributed by atoms with E-state index in [1.807, 2.05) is 4.90 Å². The molecular formula is C16H22FN3O2. The summed E-state index contributed by atoms with van der Waals surface area (Å²) in [5.41, 5.74) is 1.08. The molecule has 3 rings (SSSR count). The maximum absolute atomic E-state index is 14.2. The average molecular weight is 307 g/mol. The van der Waals surface area contributed by atoms with Gasteiger partial charge in [-0.15, -0.1) is 0 Å².